The highest BCUT2D eigenvalue weighted by Gasteiger charge is 2.24. The Labute approximate surface area is 124 Å². The van der Waals surface area contributed by atoms with Gasteiger partial charge in [-0.15, -0.1) is 0 Å². The number of rotatable bonds is 4. The molecule has 1 aliphatic rings. The van der Waals surface area contributed by atoms with E-state index in [0.29, 0.717) is 5.92 Å². The molecule has 4 rings (SSSR count). The van der Waals surface area contributed by atoms with Crippen LogP contribution in [0.15, 0.2) is 52.9 Å². The van der Waals surface area contributed by atoms with E-state index in [0.717, 1.165) is 24.4 Å². The average molecular weight is 277 g/mol. The van der Waals surface area contributed by atoms with Crippen LogP contribution in [0.1, 0.15) is 28.4 Å². The topological polar surface area (TPSA) is 25.2 Å². The van der Waals surface area contributed by atoms with Gasteiger partial charge in [0.1, 0.15) is 11.3 Å². The van der Waals surface area contributed by atoms with Crippen LogP contribution in [0.5, 0.6) is 0 Å². The van der Waals surface area contributed by atoms with E-state index in [2.05, 4.69) is 48.6 Å². The molecule has 0 fully saturated rings. The highest BCUT2D eigenvalue weighted by molar-refractivity contribution is 5.82. The Morgan fingerprint density at radius 2 is 1.90 bits per heavy atom. The first-order chi connectivity index (χ1) is 10.3. The van der Waals surface area contributed by atoms with E-state index in [9.17, 15) is 0 Å². The molecule has 2 nitrogen and oxygen atoms in total. The van der Waals surface area contributed by atoms with E-state index in [4.69, 9.17) is 4.42 Å². The van der Waals surface area contributed by atoms with Gasteiger partial charge in [-0.25, -0.2) is 0 Å². The molecule has 0 radical (unpaired) electrons. The van der Waals surface area contributed by atoms with Crippen LogP contribution in [0.3, 0.4) is 0 Å². The van der Waals surface area contributed by atoms with Gasteiger partial charge in [-0.1, -0.05) is 42.5 Å². The van der Waals surface area contributed by atoms with Crippen molar-refractivity contribution in [2.24, 2.45) is 0 Å². The summed E-state index contributed by atoms with van der Waals surface area (Å²) in [7, 11) is 0. The number of fused-ring (bicyclic) bond motifs is 2. The van der Waals surface area contributed by atoms with Crippen molar-refractivity contribution in [2.75, 3.05) is 6.54 Å². The fraction of sp³-hybridized carbons (Fsp3) is 0.263. The minimum atomic E-state index is 0.666. The number of hydrogen-bond acceptors (Lipinski definition) is 2. The third kappa shape index (κ3) is 2.16. The molecule has 1 atom stereocenters. The molecule has 0 saturated heterocycles. The standard InChI is InChI=1S/C19H19NO/c1-13-18(17-8-4-5-9-19(17)21-13)12-20-11-15-10-14-6-2-3-7-16(14)15/h2-9,15,20H,10-12H2,1H3. The number of furan rings is 1. The van der Waals surface area contributed by atoms with Gasteiger partial charge in [0, 0.05) is 30.0 Å². The Morgan fingerprint density at radius 1 is 1.10 bits per heavy atom. The monoisotopic (exact) mass is 277 g/mol. The summed E-state index contributed by atoms with van der Waals surface area (Å²) in [4.78, 5) is 0. The lowest BCUT2D eigenvalue weighted by Gasteiger charge is -2.30. The fourth-order valence-corrected chi connectivity index (χ4v) is 3.36. The lowest BCUT2D eigenvalue weighted by molar-refractivity contribution is 0.526. The van der Waals surface area contributed by atoms with Crippen molar-refractivity contribution in [3.8, 4) is 0 Å². The molecule has 0 amide bonds. The first-order valence-electron chi connectivity index (χ1n) is 7.58. The van der Waals surface area contributed by atoms with Crippen LogP contribution >= 0.6 is 0 Å². The molecule has 0 saturated carbocycles. The van der Waals surface area contributed by atoms with Crippen molar-refractivity contribution in [1.29, 1.82) is 0 Å². The van der Waals surface area contributed by atoms with Gasteiger partial charge in [-0.05, 0) is 30.5 Å². The molecule has 3 aromatic rings. The lowest BCUT2D eigenvalue weighted by atomic mass is 9.77. The molecule has 21 heavy (non-hydrogen) atoms. The summed E-state index contributed by atoms with van der Waals surface area (Å²) in [5.41, 5.74) is 5.30. The maximum absolute atomic E-state index is 5.81. The summed E-state index contributed by atoms with van der Waals surface area (Å²) in [6, 6.07) is 17.0. The van der Waals surface area contributed by atoms with Crippen LogP contribution < -0.4 is 5.32 Å². The van der Waals surface area contributed by atoms with Crippen molar-refractivity contribution in [1.82, 2.24) is 5.32 Å². The van der Waals surface area contributed by atoms with E-state index in [-0.39, 0.29) is 0 Å². The molecule has 2 heteroatoms. The van der Waals surface area contributed by atoms with Gasteiger partial charge in [0.2, 0.25) is 0 Å². The van der Waals surface area contributed by atoms with Crippen molar-refractivity contribution >= 4 is 11.0 Å². The van der Waals surface area contributed by atoms with Crippen molar-refractivity contribution < 1.29 is 4.42 Å². The van der Waals surface area contributed by atoms with Gasteiger partial charge >= 0.3 is 0 Å². The van der Waals surface area contributed by atoms with Crippen molar-refractivity contribution in [2.45, 2.75) is 25.8 Å². The van der Waals surface area contributed by atoms with Crippen LogP contribution in [0.4, 0.5) is 0 Å². The summed E-state index contributed by atoms with van der Waals surface area (Å²) < 4.78 is 5.81. The first kappa shape index (κ1) is 12.7. The summed E-state index contributed by atoms with van der Waals surface area (Å²) >= 11 is 0. The largest absolute Gasteiger partial charge is 0.461 e. The molecular formula is C19H19NO. The third-order valence-electron chi connectivity index (χ3n) is 4.55. The Hall–Kier alpha value is -2.06. The quantitative estimate of drug-likeness (QED) is 0.774. The van der Waals surface area contributed by atoms with Gasteiger partial charge in [-0.2, -0.15) is 0 Å². The predicted octanol–water partition coefficient (Wildman–Crippen LogP) is 4.17. The minimum absolute atomic E-state index is 0.666. The van der Waals surface area contributed by atoms with E-state index in [1.807, 2.05) is 12.1 Å². The van der Waals surface area contributed by atoms with Gasteiger partial charge in [0.15, 0.2) is 0 Å². The smallest absolute Gasteiger partial charge is 0.134 e. The number of hydrogen-bond donors (Lipinski definition) is 1. The summed E-state index contributed by atoms with van der Waals surface area (Å²) in [6.45, 7) is 3.97. The highest BCUT2D eigenvalue weighted by Crippen LogP contribution is 2.34. The molecule has 1 unspecified atom stereocenters. The zero-order valence-corrected chi connectivity index (χ0v) is 12.2. The normalized spacial score (nSPS) is 16.7. The molecule has 0 bridgehead atoms. The van der Waals surface area contributed by atoms with Crippen LogP contribution in [0.2, 0.25) is 0 Å². The molecule has 1 N–H and O–H groups in total. The number of aryl methyl sites for hydroxylation is 1. The van der Waals surface area contributed by atoms with Crippen LogP contribution in [-0.2, 0) is 13.0 Å². The maximum atomic E-state index is 5.81. The van der Waals surface area contributed by atoms with Gasteiger partial charge < -0.3 is 9.73 Å². The second-order valence-corrected chi connectivity index (χ2v) is 5.86. The Balaban J connectivity index is 1.44. The van der Waals surface area contributed by atoms with E-state index < -0.39 is 0 Å². The van der Waals surface area contributed by atoms with Crippen LogP contribution in [0.25, 0.3) is 11.0 Å². The zero-order valence-electron chi connectivity index (χ0n) is 12.2. The molecular weight excluding hydrogens is 258 g/mol. The number of para-hydroxylation sites is 1. The molecule has 1 heterocycles. The molecule has 1 aromatic heterocycles. The Morgan fingerprint density at radius 3 is 2.81 bits per heavy atom. The maximum Gasteiger partial charge on any atom is 0.134 e. The van der Waals surface area contributed by atoms with Gasteiger partial charge in [0.25, 0.3) is 0 Å². The predicted molar refractivity (Wildman–Crippen MR) is 85.5 cm³/mol. The summed E-state index contributed by atoms with van der Waals surface area (Å²) in [5.74, 6) is 1.69. The second kappa shape index (κ2) is 5.05. The minimum Gasteiger partial charge on any atom is -0.461 e. The summed E-state index contributed by atoms with van der Waals surface area (Å²) in [5, 5.41) is 4.84. The Kier molecular flexibility index (Phi) is 3.04. The molecule has 0 spiro atoms. The number of nitrogens with one attached hydrogen (secondary N) is 1. The van der Waals surface area contributed by atoms with E-state index in [1.165, 1.54) is 28.5 Å². The second-order valence-electron chi connectivity index (χ2n) is 5.86. The summed E-state index contributed by atoms with van der Waals surface area (Å²) in [6.07, 6.45) is 1.20. The van der Waals surface area contributed by atoms with E-state index in [1.54, 1.807) is 0 Å². The third-order valence-corrected chi connectivity index (χ3v) is 4.55. The average Bonchev–Trinajstić information content (AvgIpc) is 2.80. The lowest BCUT2D eigenvalue weighted by Crippen LogP contribution is -2.28. The molecule has 0 aliphatic heterocycles. The van der Waals surface area contributed by atoms with Gasteiger partial charge in [-0.3, -0.25) is 0 Å². The first-order valence-corrected chi connectivity index (χ1v) is 7.58. The number of benzene rings is 2. The SMILES string of the molecule is Cc1oc2ccccc2c1CNCC1Cc2ccccc21. The fourth-order valence-electron chi connectivity index (χ4n) is 3.36. The van der Waals surface area contributed by atoms with Crippen LogP contribution in [0, 0.1) is 6.92 Å². The van der Waals surface area contributed by atoms with E-state index >= 15 is 0 Å². The molecule has 1 aliphatic carbocycles. The highest BCUT2D eigenvalue weighted by atomic mass is 16.3. The van der Waals surface area contributed by atoms with Crippen LogP contribution in [-0.4, -0.2) is 6.54 Å². The van der Waals surface area contributed by atoms with Crippen molar-refractivity contribution in [3.05, 3.63) is 71.0 Å². The van der Waals surface area contributed by atoms with Gasteiger partial charge in [0.05, 0.1) is 0 Å². The molecule has 106 valence electrons. The zero-order chi connectivity index (χ0) is 14.2. The Bertz CT molecular complexity index is 787. The van der Waals surface area contributed by atoms with Crippen molar-refractivity contribution in [3.63, 3.8) is 0 Å². The molecule has 2 aromatic carbocycles.